The van der Waals surface area contributed by atoms with Gasteiger partial charge in [0.25, 0.3) is 0 Å². The Labute approximate surface area is 209 Å². The first-order valence-electron chi connectivity index (χ1n) is 12.6. The Hall–Kier alpha value is -3.52. The molecule has 0 radical (unpaired) electrons. The zero-order chi connectivity index (χ0) is 24.9. The number of para-hydroxylation sites is 1. The van der Waals surface area contributed by atoms with E-state index in [2.05, 4.69) is 22.4 Å². The van der Waals surface area contributed by atoms with E-state index in [-0.39, 0.29) is 24.7 Å². The summed E-state index contributed by atoms with van der Waals surface area (Å²) in [5.74, 6) is 0.999. The van der Waals surface area contributed by atoms with Crippen LogP contribution in [-0.4, -0.2) is 54.3 Å². The summed E-state index contributed by atoms with van der Waals surface area (Å²) in [7, 11) is 3.16. The van der Waals surface area contributed by atoms with Crippen LogP contribution in [0.4, 0.5) is 0 Å². The van der Waals surface area contributed by atoms with Crippen molar-refractivity contribution in [1.29, 1.82) is 0 Å². The van der Waals surface area contributed by atoms with Gasteiger partial charge in [0.1, 0.15) is 5.54 Å². The molecule has 3 aliphatic rings. The van der Waals surface area contributed by atoms with Gasteiger partial charge in [-0.05, 0) is 48.6 Å². The molecule has 0 bridgehead atoms. The number of esters is 1. The molecule has 3 heterocycles. The number of aromatic amines is 1. The maximum absolute atomic E-state index is 14.1. The summed E-state index contributed by atoms with van der Waals surface area (Å²) in [4.78, 5) is 32.3. The van der Waals surface area contributed by atoms with Crippen molar-refractivity contribution in [1.82, 2.24) is 15.2 Å². The molecule has 0 saturated heterocycles. The minimum atomic E-state index is -0.916. The molecular weight excluding hydrogens is 458 g/mol. The zero-order valence-electron chi connectivity index (χ0n) is 20.6. The number of ether oxygens (including phenoxy) is 3. The molecule has 6 rings (SSSR count). The molecule has 1 fully saturated rings. The van der Waals surface area contributed by atoms with Crippen molar-refractivity contribution < 1.29 is 23.8 Å². The number of rotatable bonds is 4. The third kappa shape index (κ3) is 3.54. The molecule has 8 nitrogen and oxygen atoms in total. The third-order valence-electron chi connectivity index (χ3n) is 8.16. The van der Waals surface area contributed by atoms with Gasteiger partial charge in [0, 0.05) is 23.6 Å². The largest absolute Gasteiger partial charge is 0.467 e. The maximum atomic E-state index is 14.1. The smallest absolute Gasteiger partial charge is 0.331 e. The summed E-state index contributed by atoms with van der Waals surface area (Å²) in [6, 6.07) is 13.3. The number of likely N-dealkylation sites (N-methyl/N-ethyl adjacent to an activating group) is 1. The van der Waals surface area contributed by atoms with Gasteiger partial charge in [-0.1, -0.05) is 43.5 Å². The van der Waals surface area contributed by atoms with Gasteiger partial charge in [0.15, 0.2) is 11.5 Å². The number of H-pyrrole nitrogens is 1. The van der Waals surface area contributed by atoms with Crippen LogP contribution in [0.1, 0.15) is 55.0 Å². The van der Waals surface area contributed by atoms with Crippen LogP contribution in [0.5, 0.6) is 11.5 Å². The number of benzene rings is 2. The summed E-state index contributed by atoms with van der Waals surface area (Å²) >= 11 is 0. The van der Waals surface area contributed by atoms with E-state index in [1.807, 2.05) is 30.3 Å². The lowest BCUT2D eigenvalue weighted by atomic mass is 9.79. The Balaban J connectivity index is 1.39. The number of aromatic nitrogens is 1. The highest BCUT2D eigenvalue weighted by Crippen LogP contribution is 2.41. The van der Waals surface area contributed by atoms with Gasteiger partial charge in [0.05, 0.1) is 19.2 Å². The zero-order valence-corrected chi connectivity index (χ0v) is 20.6. The van der Waals surface area contributed by atoms with Crippen LogP contribution in [0.2, 0.25) is 0 Å². The maximum Gasteiger partial charge on any atom is 0.331 e. The van der Waals surface area contributed by atoms with Gasteiger partial charge >= 0.3 is 5.97 Å². The molecule has 2 aromatic carbocycles. The molecule has 0 unspecified atom stereocenters. The Morgan fingerprint density at radius 1 is 1.06 bits per heavy atom. The normalized spacial score (nSPS) is 22.2. The lowest BCUT2D eigenvalue weighted by molar-refractivity contribution is -0.164. The summed E-state index contributed by atoms with van der Waals surface area (Å²) in [5, 5.41) is 4.71. The Bertz CT molecular complexity index is 1330. The fraction of sp³-hybridized carbons (Fsp3) is 0.429. The van der Waals surface area contributed by atoms with E-state index in [0.29, 0.717) is 25.0 Å². The van der Waals surface area contributed by atoms with E-state index >= 15 is 0 Å². The molecule has 1 amide bonds. The number of hydrogen-bond donors (Lipinski definition) is 2. The van der Waals surface area contributed by atoms with Crippen molar-refractivity contribution >= 4 is 22.8 Å². The second-order valence-electron chi connectivity index (χ2n) is 10.0. The third-order valence-corrected chi connectivity index (χ3v) is 8.16. The quantitative estimate of drug-likeness (QED) is 0.541. The van der Waals surface area contributed by atoms with Crippen LogP contribution in [0.15, 0.2) is 42.5 Å². The van der Waals surface area contributed by atoms with Gasteiger partial charge < -0.3 is 24.1 Å². The molecule has 1 aromatic heterocycles. The summed E-state index contributed by atoms with van der Waals surface area (Å²) < 4.78 is 16.3. The highest BCUT2D eigenvalue weighted by molar-refractivity contribution is 5.92. The summed E-state index contributed by atoms with van der Waals surface area (Å²) in [6.07, 6.45) is 4.64. The fourth-order valence-corrected chi connectivity index (χ4v) is 6.20. The van der Waals surface area contributed by atoms with Gasteiger partial charge in [-0.3, -0.25) is 10.1 Å². The molecule has 188 valence electrons. The SMILES string of the molecule is COC(=O)C1(N(C)C(=O)[C@H]2Cc3c([nH]c4ccccc34)[C@@H](c3ccc4c(c3)OCO4)N2)CCCCC1. The fourth-order valence-electron chi connectivity index (χ4n) is 6.20. The molecule has 1 aliphatic carbocycles. The van der Waals surface area contributed by atoms with Gasteiger partial charge in [-0.2, -0.15) is 0 Å². The monoisotopic (exact) mass is 489 g/mol. The average Bonchev–Trinajstić information content (AvgIpc) is 3.55. The number of carbonyl (C=O) groups excluding carboxylic acids is 2. The predicted molar refractivity (Wildman–Crippen MR) is 134 cm³/mol. The number of nitrogens with one attached hydrogen (secondary N) is 2. The van der Waals surface area contributed by atoms with E-state index in [1.165, 1.54) is 7.11 Å². The van der Waals surface area contributed by atoms with Gasteiger partial charge in [0.2, 0.25) is 12.7 Å². The van der Waals surface area contributed by atoms with E-state index in [1.54, 1.807) is 11.9 Å². The number of amides is 1. The first-order chi connectivity index (χ1) is 17.5. The first kappa shape index (κ1) is 22.9. The number of carbonyl (C=O) groups is 2. The highest BCUT2D eigenvalue weighted by atomic mass is 16.7. The van der Waals surface area contributed by atoms with Crippen LogP contribution < -0.4 is 14.8 Å². The molecule has 1 saturated carbocycles. The van der Waals surface area contributed by atoms with Crippen molar-refractivity contribution in [3.05, 3.63) is 59.3 Å². The van der Waals surface area contributed by atoms with Crippen LogP contribution in [0.3, 0.4) is 0 Å². The molecular formula is C28H31N3O5. The van der Waals surface area contributed by atoms with E-state index in [9.17, 15) is 9.59 Å². The van der Waals surface area contributed by atoms with Crippen molar-refractivity contribution in [2.24, 2.45) is 0 Å². The van der Waals surface area contributed by atoms with E-state index in [4.69, 9.17) is 14.2 Å². The second kappa shape index (κ2) is 8.85. The van der Waals surface area contributed by atoms with Gasteiger partial charge in [-0.25, -0.2) is 4.79 Å². The van der Waals surface area contributed by atoms with Gasteiger partial charge in [-0.15, -0.1) is 0 Å². The molecule has 2 atom stereocenters. The Morgan fingerprint density at radius 2 is 1.83 bits per heavy atom. The number of fused-ring (bicyclic) bond motifs is 4. The lowest BCUT2D eigenvalue weighted by Crippen LogP contribution is -2.61. The van der Waals surface area contributed by atoms with Crippen LogP contribution >= 0.6 is 0 Å². The van der Waals surface area contributed by atoms with Crippen LogP contribution in [0.25, 0.3) is 10.9 Å². The minimum absolute atomic E-state index is 0.0935. The number of hydrogen-bond acceptors (Lipinski definition) is 6. The van der Waals surface area contributed by atoms with Crippen LogP contribution in [0, 0.1) is 0 Å². The second-order valence-corrected chi connectivity index (χ2v) is 10.0. The van der Waals surface area contributed by atoms with Crippen LogP contribution in [-0.2, 0) is 20.7 Å². The molecule has 2 N–H and O–H groups in total. The van der Waals surface area contributed by atoms with E-state index in [0.717, 1.165) is 52.7 Å². The molecule has 0 spiro atoms. The lowest BCUT2D eigenvalue weighted by Gasteiger charge is -2.44. The van der Waals surface area contributed by atoms with Crippen molar-refractivity contribution in [2.45, 2.75) is 56.1 Å². The minimum Gasteiger partial charge on any atom is -0.467 e. The van der Waals surface area contributed by atoms with Crippen molar-refractivity contribution in [2.75, 3.05) is 21.0 Å². The van der Waals surface area contributed by atoms with Crippen molar-refractivity contribution in [3.8, 4) is 11.5 Å². The summed E-state index contributed by atoms with van der Waals surface area (Å²) in [6.45, 7) is 0.204. The van der Waals surface area contributed by atoms with E-state index < -0.39 is 11.6 Å². The predicted octanol–water partition coefficient (Wildman–Crippen LogP) is 3.83. The number of methoxy groups -OCH3 is 1. The molecule has 3 aromatic rings. The topological polar surface area (TPSA) is 92.9 Å². The Morgan fingerprint density at radius 3 is 2.64 bits per heavy atom. The highest BCUT2D eigenvalue weighted by Gasteiger charge is 2.48. The Kier molecular flexibility index (Phi) is 5.63. The molecule has 2 aliphatic heterocycles. The average molecular weight is 490 g/mol. The first-order valence-corrected chi connectivity index (χ1v) is 12.6. The standard InChI is InChI=1S/C28H31N3O5/c1-31(28(27(33)34-2)12-6-3-7-13-28)26(32)21-15-19-18-8-4-5-9-20(18)29-25(19)24(30-21)17-10-11-22-23(14-17)36-16-35-22/h4-5,8-11,14,21,24,29-30H,3,6-7,12-13,15-16H2,1-2H3/t21-,24-/m1/s1. The summed E-state index contributed by atoms with van der Waals surface area (Å²) in [5.41, 5.74) is 3.26. The number of nitrogens with zero attached hydrogens (tertiary/aromatic N) is 1. The molecule has 36 heavy (non-hydrogen) atoms. The molecule has 8 heteroatoms. The van der Waals surface area contributed by atoms with Crippen molar-refractivity contribution in [3.63, 3.8) is 0 Å².